The molecule has 2 bridgehead atoms. The Morgan fingerprint density at radius 2 is 2.22 bits per heavy atom. The van der Waals surface area contributed by atoms with E-state index in [4.69, 9.17) is 5.73 Å². The van der Waals surface area contributed by atoms with Gasteiger partial charge in [-0.25, -0.2) is 0 Å². The number of aliphatic hydroxyl groups excluding tert-OH is 1. The third-order valence-electron chi connectivity index (χ3n) is 5.14. The van der Waals surface area contributed by atoms with Gasteiger partial charge in [0.2, 0.25) is 0 Å². The molecule has 1 aromatic rings. The van der Waals surface area contributed by atoms with Crippen LogP contribution in [0.3, 0.4) is 0 Å². The number of nitrogens with two attached hydrogens (primary N) is 1. The van der Waals surface area contributed by atoms with E-state index in [0.717, 1.165) is 25.7 Å². The van der Waals surface area contributed by atoms with Gasteiger partial charge in [0, 0.05) is 11.5 Å². The number of phenolic OH excluding ortho intramolecular Hbond substituents is 1. The van der Waals surface area contributed by atoms with Crippen LogP contribution in [0.1, 0.15) is 37.3 Å². The van der Waals surface area contributed by atoms with Crippen molar-refractivity contribution in [3.05, 3.63) is 29.3 Å². The van der Waals surface area contributed by atoms with Gasteiger partial charge in [0.15, 0.2) is 0 Å². The van der Waals surface area contributed by atoms with E-state index >= 15 is 0 Å². The quantitative estimate of drug-likeness (QED) is 0.707. The zero-order valence-corrected chi connectivity index (χ0v) is 10.8. The molecule has 1 aromatic carbocycles. The van der Waals surface area contributed by atoms with Crippen molar-refractivity contribution < 1.29 is 10.2 Å². The fourth-order valence-corrected chi connectivity index (χ4v) is 4.09. The van der Waals surface area contributed by atoms with E-state index in [1.165, 1.54) is 11.1 Å². The van der Waals surface area contributed by atoms with E-state index in [2.05, 4.69) is 6.92 Å². The van der Waals surface area contributed by atoms with Crippen molar-refractivity contribution >= 4 is 0 Å². The van der Waals surface area contributed by atoms with Crippen molar-refractivity contribution in [2.45, 2.75) is 44.1 Å². The number of aliphatic hydroxyl groups is 1. The minimum absolute atomic E-state index is 0.0466. The molecule has 0 heterocycles. The van der Waals surface area contributed by atoms with Crippen molar-refractivity contribution in [2.24, 2.45) is 11.1 Å². The van der Waals surface area contributed by atoms with E-state index < -0.39 is 0 Å². The molecule has 0 unspecified atom stereocenters. The maximum atomic E-state index is 9.83. The topological polar surface area (TPSA) is 66.5 Å². The molecular weight excluding hydrogens is 226 g/mol. The summed E-state index contributed by atoms with van der Waals surface area (Å²) in [6.07, 6.45) is 3.74. The Bertz CT molecular complexity index is 487. The molecule has 1 fully saturated rings. The first-order valence-corrected chi connectivity index (χ1v) is 6.68. The van der Waals surface area contributed by atoms with Gasteiger partial charge in [0.25, 0.3) is 0 Å². The Hall–Kier alpha value is -1.06. The molecule has 3 heteroatoms. The molecule has 0 aromatic heterocycles. The van der Waals surface area contributed by atoms with Crippen LogP contribution in [-0.2, 0) is 11.8 Å². The van der Waals surface area contributed by atoms with Crippen LogP contribution in [0.5, 0.6) is 5.75 Å². The number of phenols is 1. The summed E-state index contributed by atoms with van der Waals surface area (Å²) < 4.78 is 0. The molecule has 0 aliphatic heterocycles. The Balaban J connectivity index is 2.15. The fraction of sp³-hybridized carbons (Fsp3) is 0.600. The number of rotatable bonds is 1. The van der Waals surface area contributed by atoms with Gasteiger partial charge in [-0.1, -0.05) is 13.0 Å². The summed E-state index contributed by atoms with van der Waals surface area (Å²) in [6, 6.07) is 5.70. The lowest BCUT2D eigenvalue weighted by molar-refractivity contribution is 0.0171. The average molecular weight is 247 g/mol. The molecular formula is C15H21NO2. The predicted molar refractivity (Wildman–Crippen MR) is 70.5 cm³/mol. The normalized spacial score (nSPS) is 38.3. The van der Waals surface area contributed by atoms with E-state index in [1.54, 1.807) is 6.07 Å². The van der Waals surface area contributed by atoms with Gasteiger partial charge in [0.05, 0.1) is 6.61 Å². The van der Waals surface area contributed by atoms with Crippen LogP contribution in [0, 0.1) is 5.41 Å². The van der Waals surface area contributed by atoms with Gasteiger partial charge < -0.3 is 15.9 Å². The summed E-state index contributed by atoms with van der Waals surface area (Å²) in [5.41, 5.74) is 8.63. The zero-order chi connectivity index (χ0) is 13.0. The fourth-order valence-electron chi connectivity index (χ4n) is 4.09. The Morgan fingerprint density at radius 3 is 2.94 bits per heavy atom. The van der Waals surface area contributed by atoms with E-state index in [-0.39, 0.29) is 23.5 Å². The van der Waals surface area contributed by atoms with Crippen LogP contribution in [0.4, 0.5) is 0 Å². The summed E-state index contributed by atoms with van der Waals surface area (Å²) in [6.45, 7) is 2.39. The highest BCUT2D eigenvalue weighted by Crippen LogP contribution is 2.54. The molecule has 4 N–H and O–H groups in total. The number of aromatic hydroxyl groups is 1. The molecule has 0 spiro atoms. The first kappa shape index (κ1) is 12.0. The van der Waals surface area contributed by atoms with Crippen LogP contribution in [0.2, 0.25) is 0 Å². The van der Waals surface area contributed by atoms with Gasteiger partial charge in [-0.05, 0) is 54.4 Å². The lowest BCUT2D eigenvalue weighted by Gasteiger charge is -2.54. The second-order valence-electron chi connectivity index (χ2n) is 6.42. The molecule has 1 saturated carbocycles. The summed E-state index contributed by atoms with van der Waals surface area (Å²) in [5, 5.41) is 19.5. The minimum atomic E-state index is -0.170. The molecule has 0 amide bonds. The van der Waals surface area contributed by atoms with Gasteiger partial charge in [-0.15, -0.1) is 0 Å². The molecule has 2 aliphatic rings. The summed E-state index contributed by atoms with van der Waals surface area (Å²) in [4.78, 5) is 0. The minimum Gasteiger partial charge on any atom is -0.508 e. The molecule has 2 aliphatic carbocycles. The SMILES string of the molecule is C[C@]12CC[C@@H](N)[C@](CO)(Cc3ccc(O)cc31)C2. The molecule has 3 atom stereocenters. The molecule has 0 radical (unpaired) electrons. The largest absolute Gasteiger partial charge is 0.508 e. The second-order valence-corrected chi connectivity index (χ2v) is 6.42. The van der Waals surface area contributed by atoms with Crippen molar-refractivity contribution in [1.29, 1.82) is 0 Å². The first-order valence-electron chi connectivity index (χ1n) is 6.68. The average Bonchev–Trinajstić information content (AvgIpc) is 2.36. The summed E-state index contributed by atoms with van der Waals surface area (Å²) >= 11 is 0. The first-order chi connectivity index (χ1) is 8.49. The standard InChI is InChI=1S/C15H21NO2/c1-14-5-4-13(16)15(8-14,9-17)7-10-2-3-11(18)6-12(10)14/h2-3,6,13,17-18H,4-5,7-9,16H2,1H3/t13-,14-,15-/m1/s1. The third kappa shape index (κ3) is 1.50. The molecule has 18 heavy (non-hydrogen) atoms. The highest BCUT2D eigenvalue weighted by Gasteiger charge is 2.51. The van der Waals surface area contributed by atoms with E-state index in [9.17, 15) is 10.2 Å². The molecule has 3 rings (SSSR count). The van der Waals surface area contributed by atoms with E-state index in [1.807, 2.05) is 12.1 Å². The Labute approximate surface area is 108 Å². The molecule has 98 valence electrons. The van der Waals surface area contributed by atoms with Crippen molar-refractivity contribution in [1.82, 2.24) is 0 Å². The van der Waals surface area contributed by atoms with Crippen molar-refractivity contribution in [2.75, 3.05) is 6.61 Å². The number of fused-ring (bicyclic) bond motifs is 4. The maximum absolute atomic E-state index is 9.83. The molecule has 3 nitrogen and oxygen atoms in total. The maximum Gasteiger partial charge on any atom is 0.115 e. The third-order valence-corrected chi connectivity index (χ3v) is 5.14. The number of hydrogen-bond acceptors (Lipinski definition) is 3. The van der Waals surface area contributed by atoms with Crippen molar-refractivity contribution in [3.8, 4) is 5.75 Å². The number of hydrogen-bond donors (Lipinski definition) is 3. The predicted octanol–water partition coefficient (Wildman–Crippen LogP) is 1.70. The van der Waals surface area contributed by atoms with Crippen LogP contribution < -0.4 is 5.73 Å². The monoisotopic (exact) mass is 247 g/mol. The summed E-state index contributed by atoms with van der Waals surface area (Å²) in [7, 11) is 0. The highest BCUT2D eigenvalue weighted by molar-refractivity contribution is 5.44. The van der Waals surface area contributed by atoms with E-state index in [0.29, 0.717) is 5.75 Å². The molecule has 0 saturated heterocycles. The van der Waals surface area contributed by atoms with Gasteiger partial charge in [-0.2, -0.15) is 0 Å². The summed E-state index contributed by atoms with van der Waals surface area (Å²) in [5.74, 6) is 0.335. The highest BCUT2D eigenvalue weighted by atomic mass is 16.3. The number of benzene rings is 1. The zero-order valence-electron chi connectivity index (χ0n) is 10.8. The second kappa shape index (κ2) is 3.72. The van der Waals surface area contributed by atoms with Crippen LogP contribution in [-0.4, -0.2) is 22.9 Å². The van der Waals surface area contributed by atoms with Crippen LogP contribution in [0.25, 0.3) is 0 Å². The van der Waals surface area contributed by atoms with Gasteiger partial charge >= 0.3 is 0 Å². The lowest BCUT2D eigenvalue weighted by atomic mass is 9.52. The Kier molecular flexibility index (Phi) is 2.48. The van der Waals surface area contributed by atoms with Gasteiger partial charge in [-0.3, -0.25) is 0 Å². The lowest BCUT2D eigenvalue weighted by Crippen LogP contribution is -2.56. The van der Waals surface area contributed by atoms with Gasteiger partial charge in [0.1, 0.15) is 5.75 Å². The Morgan fingerprint density at radius 1 is 1.44 bits per heavy atom. The van der Waals surface area contributed by atoms with Crippen LogP contribution >= 0.6 is 0 Å². The smallest absolute Gasteiger partial charge is 0.115 e. The van der Waals surface area contributed by atoms with Crippen molar-refractivity contribution in [3.63, 3.8) is 0 Å². The van der Waals surface area contributed by atoms with Crippen LogP contribution in [0.15, 0.2) is 18.2 Å².